The molecule has 0 bridgehead atoms. The lowest BCUT2D eigenvalue weighted by Gasteiger charge is -2.49. The second-order valence-electron chi connectivity index (χ2n) is 6.92. The first-order chi connectivity index (χ1) is 16.4. The van der Waals surface area contributed by atoms with E-state index in [1.165, 1.54) is 35.1 Å². The van der Waals surface area contributed by atoms with E-state index >= 15 is 0 Å². The number of nitrogens with zero attached hydrogens (tertiary/aromatic N) is 6. The third-order valence-corrected chi connectivity index (χ3v) is 8.01. The summed E-state index contributed by atoms with van der Waals surface area (Å²) in [5, 5.41) is 5.99. The number of rotatable bonds is 6. The molecule has 0 saturated carbocycles. The molecule has 174 valence electrons. The molecule has 2 aliphatic rings. The van der Waals surface area contributed by atoms with Crippen molar-refractivity contribution in [2.45, 2.75) is 11.4 Å². The van der Waals surface area contributed by atoms with Crippen molar-refractivity contribution in [2.75, 3.05) is 18.6 Å². The van der Waals surface area contributed by atoms with Gasteiger partial charge >= 0.3 is 0 Å². The van der Waals surface area contributed by atoms with Crippen LogP contribution in [0, 0.1) is 0 Å². The molecule has 34 heavy (non-hydrogen) atoms. The van der Waals surface area contributed by atoms with Crippen LogP contribution in [0.2, 0.25) is 0 Å². The molecule has 12 nitrogen and oxygen atoms in total. The highest BCUT2D eigenvalue weighted by atomic mass is 32.2. The summed E-state index contributed by atoms with van der Waals surface area (Å²) in [6, 6.07) is 2.71. The Kier molecular flexibility index (Phi) is 5.97. The maximum atomic E-state index is 13.0. The summed E-state index contributed by atoms with van der Waals surface area (Å²) < 4.78 is 3.96. The van der Waals surface area contributed by atoms with Crippen LogP contribution in [0.25, 0.3) is 15.9 Å². The number of pyridine rings is 1. The van der Waals surface area contributed by atoms with Gasteiger partial charge in [-0.15, -0.1) is 11.8 Å². The molecule has 2 aliphatic heterocycles. The van der Waals surface area contributed by atoms with Gasteiger partial charge in [-0.05, 0) is 12.1 Å². The molecule has 0 aliphatic carbocycles. The lowest BCUT2D eigenvalue weighted by molar-refractivity contribution is -0.145. The molecule has 16 heteroatoms. The summed E-state index contributed by atoms with van der Waals surface area (Å²) in [6.45, 7) is 0. The van der Waals surface area contributed by atoms with Gasteiger partial charge in [0.1, 0.15) is 39.6 Å². The molecule has 5 heterocycles. The monoisotopic (exact) mass is 534 g/mol. The minimum atomic E-state index is -0.892. The number of aromatic nitrogens is 4. The Balaban J connectivity index is 1.41. The van der Waals surface area contributed by atoms with Crippen LogP contribution in [-0.4, -0.2) is 71.1 Å². The third kappa shape index (κ3) is 3.81. The van der Waals surface area contributed by atoms with Crippen molar-refractivity contribution in [2.24, 2.45) is 5.16 Å². The van der Waals surface area contributed by atoms with Crippen LogP contribution in [-0.2, 0) is 19.2 Å². The number of carbonyl (C=O) groups excluding carboxylic acids is 3. The van der Waals surface area contributed by atoms with E-state index in [0.29, 0.717) is 21.9 Å². The van der Waals surface area contributed by atoms with E-state index in [9.17, 15) is 14.4 Å². The SMILES string of the molecule is CO/N=C(/C(=O)NC1C(=O)N2C(C(=O)S)=C(c3nc4cccnc4s3)CS[C@H]12)c1nsc(N)n1. The van der Waals surface area contributed by atoms with E-state index in [2.05, 4.69) is 42.4 Å². The number of fused-ring (bicyclic) bond motifs is 2. The summed E-state index contributed by atoms with van der Waals surface area (Å²) in [5.74, 6) is -0.781. The predicted octanol–water partition coefficient (Wildman–Crippen LogP) is 0.743. The molecule has 2 amide bonds. The molecule has 5 rings (SSSR count). The topological polar surface area (TPSA) is 166 Å². The maximum absolute atomic E-state index is 13.0. The molecule has 3 aromatic heterocycles. The largest absolute Gasteiger partial charge is 0.398 e. The number of amides is 2. The van der Waals surface area contributed by atoms with Crippen molar-refractivity contribution < 1.29 is 19.2 Å². The first-order valence-corrected chi connectivity index (χ1v) is 12.6. The number of β-lactam (4-membered cyclic amide) rings is 1. The van der Waals surface area contributed by atoms with E-state index in [4.69, 9.17) is 10.6 Å². The highest BCUT2D eigenvalue weighted by molar-refractivity contribution is 8.00. The van der Waals surface area contributed by atoms with Crippen molar-refractivity contribution in [1.82, 2.24) is 29.5 Å². The van der Waals surface area contributed by atoms with E-state index in [1.54, 1.807) is 12.3 Å². The Morgan fingerprint density at radius 1 is 1.38 bits per heavy atom. The quantitative estimate of drug-likeness (QED) is 0.178. The van der Waals surface area contributed by atoms with E-state index in [0.717, 1.165) is 16.4 Å². The Morgan fingerprint density at radius 3 is 2.88 bits per heavy atom. The zero-order valence-electron chi connectivity index (χ0n) is 17.2. The summed E-state index contributed by atoms with van der Waals surface area (Å²) in [6.07, 6.45) is 1.66. The standard InChI is InChI=1S/C18H14N8O4S4/c1-30-24-8(11-23-18(19)34-25-11)12(27)22-9-15(28)26-10(17(29)31)6(5-32-16(9)26)13-21-7-3-2-4-20-14(7)33-13/h2-4,9,16H,5H2,1H3,(H,22,27)(H,29,31)(H2,19,23,25)/b24-8+/t9?,16-/m1/s1. The summed E-state index contributed by atoms with van der Waals surface area (Å²) in [4.78, 5) is 57.9. The second kappa shape index (κ2) is 8.94. The van der Waals surface area contributed by atoms with Crippen LogP contribution in [0.3, 0.4) is 0 Å². The van der Waals surface area contributed by atoms with Crippen LogP contribution in [0.5, 0.6) is 0 Å². The van der Waals surface area contributed by atoms with Crippen LogP contribution >= 0.6 is 47.3 Å². The molecule has 0 radical (unpaired) electrons. The first-order valence-electron chi connectivity index (χ1n) is 9.53. The molecule has 1 unspecified atom stereocenters. The number of hydrogen-bond donors (Lipinski definition) is 3. The Morgan fingerprint density at radius 2 is 2.21 bits per heavy atom. The summed E-state index contributed by atoms with van der Waals surface area (Å²) in [7, 11) is 1.27. The van der Waals surface area contributed by atoms with Gasteiger partial charge in [0.25, 0.3) is 11.8 Å². The van der Waals surface area contributed by atoms with Crippen molar-refractivity contribution in [1.29, 1.82) is 0 Å². The second-order valence-corrected chi connectivity index (χ2v) is 10.2. The molecule has 0 aromatic carbocycles. The Hall–Kier alpha value is -3.08. The molecule has 1 saturated heterocycles. The van der Waals surface area contributed by atoms with Crippen LogP contribution in [0.4, 0.5) is 5.13 Å². The first kappa shape index (κ1) is 22.7. The number of oxime groups is 1. The zero-order valence-corrected chi connectivity index (χ0v) is 20.5. The highest BCUT2D eigenvalue weighted by Crippen LogP contribution is 2.44. The minimum Gasteiger partial charge on any atom is -0.398 e. The molecular weight excluding hydrogens is 521 g/mol. The number of thiazole rings is 1. The lowest BCUT2D eigenvalue weighted by atomic mass is 10.0. The number of thiol groups is 1. The molecule has 3 aromatic rings. The van der Waals surface area contributed by atoms with Gasteiger partial charge in [-0.1, -0.05) is 29.1 Å². The number of nitrogens with two attached hydrogens (primary N) is 1. The summed E-state index contributed by atoms with van der Waals surface area (Å²) >= 11 is 7.64. The van der Waals surface area contributed by atoms with Crippen molar-refractivity contribution in [3.05, 3.63) is 34.9 Å². The predicted molar refractivity (Wildman–Crippen MR) is 131 cm³/mol. The number of anilines is 1. The Bertz CT molecular complexity index is 1370. The number of nitrogens with one attached hydrogen (secondary N) is 1. The zero-order chi connectivity index (χ0) is 24.0. The highest BCUT2D eigenvalue weighted by Gasteiger charge is 2.54. The van der Waals surface area contributed by atoms with E-state index < -0.39 is 28.3 Å². The van der Waals surface area contributed by atoms with Crippen molar-refractivity contribution in [3.8, 4) is 0 Å². The molecule has 0 spiro atoms. The van der Waals surface area contributed by atoms with E-state index in [1.807, 2.05) is 6.07 Å². The summed E-state index contributed by atoms with van der Waals surface area (Å²) in [5.41, 5.74) is 6.83. The van der Waals surface area contributed by atoms with Crippen LogP contribution in [0.1, 0.15) is 10.8 Å². The van der Waals surface area contributed by atoms with Gasteiger partial charge in [-0.3, -0.25) is 19.3 Å². The van der Waals surface area contributed by atoms with Crippen LogP contribution in [0.15, 0.2) is 29.2 Å². The maximum Gasteiger partial charge on any atom is 0.278 e. The van der Waals surface area contributed by atoms with Gasteiger partial charge in [0, 0.05) is 29.1 Å². The number of nitrogen functional groups attached to an aromatic ring is 1. The number of hydrogen-bond acceptors (Lipinski definition) is 13. The van der Waals surface area contributed by atoms with E-state index in [-0.39, 0.29) is 22.4 Å². The molecule has 3 N–H and O–H groups in total. The fraction of sp³-hybridized carbons (Fsp3) is 0.222. The number of thioether (sulfide) groups is 1. The lowest BCUT2D eigenvalue weighted by Crippen LogP contribution is -2.70. The van der Waals surface area contributed by atoms with Gasteiger partial charge in [-0.2, -0.15) is 9.36 Å². The van der Waals surface area contributed by atoms with Gasteiger partial charge in [0.2, 0.25) is 16.7 Å². The van der Waals surface area contributed by atoms with Gasteiger partial charge in [0.15, 0.2) is 5.13 Å². The van der Waals surface area contributed by atoms with Gasteiger partial charge in [-0.25, -0.2) is 9.97 Å². The van der Waals surface area contributed by atoms with Gasteiger partial charge in [0.05, 0.1) is 0 Å². The smallest absolute Gasteiger partial charge is 0.278 e. The third-order valence-electron chi connectivity index (χ3n) is 4.93. The minimum absolute atomic E-state index is 0.0142. The van der Waals surface area contributed by atoms with Gasteiger partial charge < -0.3 is 15.9 Å². The Labute approximate surface area is 209 Å². The molecule has 2 atom stereocenters. The normalized spacial score (nSPS) is 20.2. The molecular formula is C18H14N8O4S4. The van der Waals surface area contributed by atoms with Crippen LogP contribution < -0.4 is 11.1 Å². The average Bonchev–Trinajstić information content (AvgIpc) is 3.45. The van der Waals surface area contributed by atoms with Crippen molar-refractivity contribution in [3.63, 3.8) is 0 Å². The molecule has 1 fully saturated rings. The fourth-order valence-corrected chi connectivity index (χ4v) is 6.56. The average molecular weight is 535 g/mol. The fourth-order valence-electron chi connectivity index (χ4n) is 3.50. The number of carbonyl (C=O) groups is 3. The van der Waals surface area contributed by atoms with Crippen molar-refractivity contribution >= 4 is 91.0 Å².